The molecule has 1 aliphatic rings. The second kappa shape index (κ2) is 5.86. The monoisotopic (exact) mass is 272 g/mol. The van der Waals surface area contributed by atoms with Gasteiger partial charge in [0.2, 0.25) is 0 Å². The summed E-state index contributed by atoms with van der Waals surface area (Å²) in [6.45, 7) is 9.89. The fraction of sp³-hybridized carbons (Fsp3) is 0.400. The van der Waals surface area contributed by atoms with Crippen molar-refractivity contribution in [3.63, 3.8) is 0 Å². The van der Waals surface area contributed by atoms with Crippen LogP contribution in [0, 0.1) is 12.8 Å². The van der Waals surface area contributed by atoms with Crippen molar-refractivity contribution in [3.05, 3.63) is 41.3 Å². The van der Waals surface area contributed by atoms with Crippen LogP contribution in [0.4, 0.5) is 0 Å². The third kappa shape index (κ3) is 3.23. The first-order chi connectivity index (χ1) is 9.47. The molecule has 0 radical (unpaired) electrons. The number of carbonyl (C=O) groups is 1. The molecule has 0 saturated carbocycles. The molecule has 5 heteroatoms. The Morgan fingerprint density at radius 1 is 1.55 bits per heavy atom. The minimum Gasteiger partial charge on any atom is -0.282 e. The first-order valence-electron chi connectivity index (χ1n) is 6.69. The van der Waals surface area contributed by atoms with Crippen molar-refractivity contribution in [1.29, 1.82) is 0 Å². The average Bonchev–Trinajstić information content (AvgIpc) is 2.84. The molecule has 1 aliphatic carbocycles. The summed E-state index contributed by atoms with van der Waals surface area (Å²) in [7, 11) is 0. The lowest BCUT2D eigenvalue weighted by molar-refractivity contribution is 0.0949. The van der Waals surface area contributed by atoms with Crippen LogP contribution in [0.1, 0.15) is 42.9 Å². The minimum absolute atomic E-state index is 0.299. The van der Waals surface area contributed by atoms with Crippen LogP contribution in [0.3, 0.4) is 0 Å². The molecule has 2 N–H and O–H groups in total. The predicted molar refractivity (Wildman–Crippen MR) is 79.5 cm³/mol. The van der Waals surface area contributed by atoms with Crippen LogP contribution >= 0.6 is 0 Å². The van der Waals surface area contributed by atoms with Gasteiger partial charge in [-0.05, 0) is 51.2 Å². The van der Waals surface area contributed by atoms with Gasteiger partial charge in [-0.15, -0.1) is 0 Å². The van der Waals surface area contributed by atoms with Crippen LogP contribution in [0.15, 0.2) is 35.0 Å². The van der Waals surface area contributed by atoms with Crippen molar-refractivity contribution in [2.75, 3.05) is 0 Å². The third-order valence-corrected chi connectivity index (χ3v) is 3.53. The number of H-pyrrole nitrogens is 1. The zero-order chi connectivity index (χ0) is 14.7. The van der Waals surface area contributed by atoms with Crippen LogP contribution in [0.2, 0.25) is 0 Å². The number of allylic oxidation sites excluding steroid dienone is 3. The summed E-state index contributed by atoms with van der Waals surface area (Å²) in [5, 5.41) is 10.9. The summed E-state index contributed by atoms with van der Waals surface area (Å²) in [6.07, 6.45) is 3.96. The van der Waals surface area contributed by atoms with E-state index in [1.165, 1.54) is 0 Å². The number of hydrogen-bond acceptors (Lipinski definition) is 3. The van der Waals surface area contributed by atoms with Gasteiger partial charge in [0, 0.05) is 5.69 Å². The number of aryl methyl sites for hydroxylation is 1. The van der Waals surface area contributed by atoms with E-state index in [1.54, 1.807) is 6.07 Å². The lowest BCUT2D eigenvalue weighted by Crippen LogP contribution is -2.23. The van der Waals surface area contributed by atoms with Gasteiger partial charge in [0.05, 0.1) is 5.71 Å². The Hall–Kier alpha value is -2.17. The second-order valence-electron chi connectivity index (χ2n) is 5.31. The van der Waals surface area contributed by atoms with E-state index >= 15 is 0 Å². The zero-order valence-electron chi connectivity index (χ0n) is 12.2. The van der Waals surface area contributed by atoms with E-state index in [0.717, 1.165) is 35.4 Å². The van der Waals surface area contributed by atoms with Gasteiger partial charge >= 0.3 is 0 Å². The molecule has 0 saturated heterocycles. The van der Waals surface area contributed by atoms with Crippen molar-refractivity contribution in [2.24, 2.45) is 11.0 Å². The molecule has 1 amide bonds. The molecule has 0 spiro atoms. The molecule has 1 aromatic rings. The second-order valence-corrected chi connectivity index (χ2v) is 5.31. The highest BCUT2D eigenvalue weighted by molar-refractivity contribution is 6.02. The predicted octanol–water partition coefficient (Wildman–Crippen LogP) is 2.74. The normalized spacial score (nSPS) is 20.6. The van der Waals surface area contributed by atoms with E-state index in [-0.39, 0.29) is 5.91 Å². The SMILES string of the molecule is C=C(C)C1CC=C(C)/C(=N/NC(=O)c2cc(C)[nH]n2)C1. The molecule has 1 aromatic heterocycles. The van der Waals surface area contributed by atoms with Crippen LogP contribution in [-0.4, -0.2) is 21.8 Å². The van der Waals surface area contributed by atoms with Crippen molar-refractivity contribution in [1.82, 2.24) is 15.6 Å². The van der Waals surface area contributed by atoms with Crippen LogP contribution < -0.4 is 5.43 Å². The lowest BCUT2D eigenvalue weighted by Gasteiger charge is -2.22. The molecule has 1 unspecified atom stereocenters. The van der Waals surface area contributed by atoms with Crippen molar-refractivity contribution >= 4 is 11.6 Å². The standard InChI is InChI=1S/C15H20N4O/c1-9(2)12-6-5-10(3)13(8-12)17-19-15(20)14-7-11(4)16-18-14/h5,7,12H,1,6,8H2,2-4H3,(H,16,18)(H,19,20)/b17-13+. The molecule has 0 bridgehead atoms. The summed E-state index contributed by atoms with van der Waals surface area (Å²) < 4.78 is 0. The van der Waals surface area contributed by atoms with Gasteiger partial charge in [-0.2, -0.15) is 10.2 Å². The molecule has 1 heterocycles. The highest BCUT2D eigenvalue weighted by Crippen LogP contribution is 2.26. The van der Waals surface area contributed by atoms with E-state index in [9.17, 15) is 4.79 Å². The molecule has 0 aliphatic heterocycles. The first-order valence-corrected chi connectivity index (χ1v) is 6.69. The number of hydrogen-bond donors (Lipinski definition) is 2. The molecule has 5 nitrogen and oxygen atoms in total. The van der Waals surface area contributed by atoms with E-state index < -0.39 is 0 Å². The first kappa shape index (κ1) is 14.2. The molecule has 2 rings (SSSR count). The molecule has 1 atom stereocenters. The van der Waals surface area contributed by atoms with E-state index in [0.29, 0.717) is 11.6 Å². The summed E-state index contributed by atoms with van der Waals surface area (Å²) in [5.74, 6) is 0.106. The minimum atomic E-state index is -0.299. The Morgan fingerprint density at radius 2 is 2.30 bits per heavy atom. The van der Waals surface area contributed by atoms with Crippen LogP contribution in [-0.2, 0) is 0 Å². The van der Waals surface area contributed by atoms with Gasteiger partial charge in [0.25, 0.3) is 5.91 Å². The molecule has 0 aromatic carbocycles. The van der Waals surface area contributed by atoms with Crippen LogP contribution in [0.25, 0.3) is 0 Å². The van der Waals surface area contributed by atoms with Gasteiger partial charge in [-0.3, -0.25) is 9.89 Å². The number of nitrogens with zero attached hydrogens (tertiary/aromatic N) is 2. The third-order valence-electron chi connectivity index (χ3n) is 3.53. The molecular formula is C15H20N4O. The fourth-order valence-electron chi connectivity index (χ4n) is 2.13. The van der Waals surface area contributed by atoms with E-state index in [4.69, 9.17) is 0 Å². The summed E-state index contributed by atoms with van der Waals surface area (Å²) in [5.41, 5.74) is 6.93. The number of aromatic nitrogens is 2. The Bertz CT molecular complexity index is 595. The number of rotatable bonds is 3. The van der Waals surface area contributed by atoms with Crippen LogP contribution in [0.5, 0.6) is 0 Å². The Morgan fingerprint density at radius 3 is 2.90 bits per heavy atom. The van der Waals surface area contributed by atoms with Gasteiger partial charge in [-0.1, -0.05) is 18.2 Å². The smallest absolute Gasteiger partial charge is 0.282 e. The van der Waals surface area contributed by atoms with Gasteiger partial charge in [0.15, 0.2) is 5.69 Å². The Balaban J connectivity index is 2.06. The average molecular weight is 272 g/mol. The van der Waals surface area contributed by atoms with Gasteiger partial charge in [-0.25, -0.2) is 5.43 Å². The topological polar surface area (TPSA) is 70.1 Å². The summed E-state index contributed by atoms with van der Waals surface area (Å²) in [6, 6.07) is 1.69. The van der Waals surface area contributed by atoms with Crippen molar-refractivity contribution in [3.8, 4) is 0 Å². The largest absolute Gasteiger partial charge is 0.291 e. The molecular weight excluding hydrogens is 252 g/mol. The number of hydrazone groups is 1. The van der Waals surface area contributed by atoms with Gasteiger partial charge in [0.1, 0.15) is 0 Å². The number of nitrogens with one attached hydrogen (secondary N) is 2. The maximum Gasteiger partial charge on any atom is 0.291 e. The lowest BCUT2D eigenvalue weighted by atomic mass is 9.85. The molecule has 0 fully saturated rings. The molecule has 106 valence electrons. The van der Waals surface area contributed by atoms with E-state index in [1.807, 2.05) is 20.8 Å². The summed E-state index contributed by atoms with van der Waals surface area (Å²) >= 11 is 0. The van der Waals surface area contributed by atoms with E-state index in [2.05, 4.69) is 33.4 Å². The fourth-order valence-corrected chi connectivity index (χ4v) is 2.13. The zero-order valence-corrected chi connectivity index (χ0v) is 12.2. The van der Waals surface area contributed by atoms with Crippen molar-refractivity contribution in [2.45, 2.75) is 33.6 Å². The maximum absolute atomic E-state index is 11.9. The highest BCUT2D eigenvalue weighted by atomic mass is 16.2. The number of amides is 1. The quantitative estimate of drug-likeness (QED) is 0.656. The number of carbonyl (C=O) groups excluding carboxylic acids is 1. The highest BCUT2D eigenvalue weighted by Gasteiger charge is 2.19. The van der Waals surface area contributed by atoms with Crippen molar-refractivity contribution < 1.29 is 4.79 Å². The summed E-state index contributed by atoms with van der Waals surface area (Å²) in [4.78, 5) is 11.9. The Kier molecular flexibility index (Phi) is 4.17. The number of aromatic amines is 1. The Labute approximate surface area is 118 Å². The van der Waals surface area contributed by atoms with Gasteiger partial charge < -0.3 is 0 Å². The molecule has 20 heavy (non-hydrogen) atoms. The maximum atomic E-state index is 11.9.